The third kappa shape index (κ3) is 8.86. The predicted octanol–water partition coefficient (Wildman–Crippen LogP) is 3.19. The van der Waals surface area contributed by atoms with Crippen molar-refractivity contribution in [2.75, 3.05) is 0 Å². The molecule has 1 N–H and O–H groups in total. The molecule has 9 heteroatoms. The van der Waals surface area contributed by atoms with Gasteiger partial charge in [-0.15, -0.1) is 0 Å². The summed E-state index contributed by atoms with van der Waals surface area (Å²) in [4.78, 5) is 40.4. The first kappa shape index (κ1) is 24.1. The monoisotopic (exact) mass is 459 g/mol. The largest absolute Gasteiger partial charge is 0.459 e. The van der Waals surface area contributed by atoms with Gasteiger partial charge < -0.3 is 14.8 Å². The van der Waals surface area contributed by atoms with E-state index in [1.54, 1.807) is 41.5 Å². The van der Waals surface area contributed by atoms with Gasteiger partial charge in [-0.05, 0) is 77.2 Å². The fourth-order valence-electron chi connectivity index (χ4n) is 2.23. The summed E-state index contributed by atoms with van der Waals surface area (Å²) >= 11 is 3.26. The standard InChI is InChI=1S/C19H30BrN3O5/c1-12(22-17(26)28-19(5,6)7)8-9-13-15(20)16(25)23(11-21-13)10-14(24)27-18(2,3)4/h11-12H,8-10H2,1-7H3,(H,22,26)/t12-/m1/s1. The second-order valence-corrected chi connectivity index (χ2v) is 9.40. The van der Waals surface area contributed by atoms with E-state index in [9.17, 15) is 14.4 Å². The number of nitrogens with one attached hydrogen (secondary N) is 1. The van der Waals surface area contributed by atoms with Crippen LogP contribution in [-0.2, 0) is 27.2 Å². The molecule has 1 atom stereocenters. The molecule has 0 aliphatic carbocycles. The highest BCUT2D eigenvalue weighted by molar-refractivity contribution is 9.10. The average molecular weight is 460 g/mol. The highest BCUT2D eigenvalue weighted by Gasteiger charge is 2.20. The van der Waals surface area contributed by atoms with Gasteiger partial charge in [0, 0.05) is 6.04 Å². The van der Waals surface area contributed by atoms with Gasteiger partial charge in [-0.1, -0.05) is 0 Å². The summed E-state index contributed by atoms with van der Waals surface area (Å²) in [6, 6.07) is -0.159. The van der Waals surface area contributed by atoms with Gasteiger partial charge in [-0.2, -0.15) is 0 Å². The topological polar surface area (TPSA) is 99.5 Å². The minimum absolute atomic E-state index is 0.159. The number of amides is 1. The van der Waals surface area contributed by atoms with Crippen LogP contribution in [0.5, 0.6) is 0 Å². The lowest BCUT2D eigenvalue weighted by Crippen LogP contribution is -2.38. The Kier molecular flexibility index (Phi) is 8.22. The molecule has 8 nitrogen and oxygen atoms in total. The lowest BCUT2D eigenvalue weighted by atomic mass is 10.1. The minimum atomic E-state index is -0.622. The maximum absolute atomic E-state index is 12.4. The number of hydrogen-bond acceptors (Lipinski definition) is 6. The minimum Gasteiger partial charge on any atom is -0.459 e. The number of carbonyl (C=O) groups excluding carboxylic acids is 2. The van der Waals surface area contributed by atoms with Crippen LogP contribution in [0, 0.1) is 0 Å². The first-order chi connectivity index (χ1) is 12.7. The summed E-state index contributed by atoms with van der Waals surface area (Å²) in [5.41, 5.74) is -0.984. The molecule has 0 saturated heterocycles. The SMILES string of the molecule is C[C@H](CCc1ncn(CC(=O)OC(C)(C)C)c(=O)c1Br)NC(=O)OC(C)(C)C. The molecule has 1 aromatic rings. The zero-order valence-electron chi connectivity index (χ0n) is 17.6. The zero-order valence-corrected chi connectivity index (χ0v) is 19.2. The van der Waals surface area contributed by atoms with Gasteiger partial charge in [-0.3, -0.25) is 14.2 Å². The summed E-state index contributed by atoms with van der Waals surface area (Å²) in [6.45, 7) is 12.3. The molecule has 1 amide bonds. The summed E-state index contributed by atoms with van der Waals surface area (Å²) < 4.78 is 11.9. The first-order valence-electron chi connectivity index (χ1n) is 9.13. The number of carbonyl (C=O) groups is 2. The van der Waals surface area contributed by atoms with Crippen molar-refractivity contribution in [2.45, 2.75) is 85.1 Å². The number of esters is 1. The second kappa shape index (κ2) is 9.54. The molecule has 28 heavy (non-hydrogen) atoms. The van der Waals surface area contributed by atoms with Crippen molar-refractivity contribution in [1.29, 1.82) is 0 Å². The molecule has 0 radical (unpaired) electrons. The molecule has 0 bridgehead atoms. The lowest BCUT2D eigenvalue weighted by molar-refractivity contribution is -0.155. The molecule has 0 fully saturated rings. The Morgan fingerprint density at radius 2 is 1.75 bits per heavy atom. The van der Waals surface area contributed by atoms with Crippen LogP contribution in [0.2, 0.25) is 0 Å². The molecule has 0 aromatic carbocycles. The number of halogens is 1. The van der Waals surface area contributed by atoms with Crippen LogP contribution < -0.4 is 10.9 Å². The molecule has 1 aromatic heterocycles. The molecule has 158 valence electrons. The van der Waals surface area contributed by atoms with Gasteiger partial charge in [0.2, 0.25) is 0 Å². The van der Waals surface area contributed by atoms with Crippen LogP contribution in [0.15, 0.2) is 15.6 Å². The Hall–Kier alpha value is -1.90. The van der Waals surface area contributed by atoms with Gasteiger partial charge in [0.05, 0.1) is 12.0 Å². The lowest BCUT2D eigenvalue weighted by Gasteiger charge is -2.22. The van der Waals surface area contributed by atoms with E-state index in [4.69, 9.17) is 9.47 Å². The number of alkyl carbamates (subject to hydrolysis) is 1. The molecule has 1 rings (SSSR count). The number of aromatic nitrogens is 2. The Morgan fingerprint density at radius 1 is 1.18 bits per heavy atom. The predicted molar refractivity (Wildman–Crippen MR) is 109 cm³/mol. The third-order valence-corrected chi connectivity index (χ3v) is 4.15. The summed E-state index contributed by atoms with van der Waals surface area (Å²) in [5.74, 6) is -0.508. The van der Waals surface area contributed by atoms with Crippen LogP contribution in [-0.4, -0.2) is 38.9 Å². The van der Waals surface area contributed by atoms with Crippen molar-refractivity contribution in [2.24, 2.45) is 0 Å². The van der Waals surface area contributed by atoms with Crippen molar-refractivity contribution in [3.05, 3.63) is 26.8 Å². The van der Waals surface area contributed by atoms with E-state index in [0.717, 1.165) is 0 Å². The van der Waals surface area contributed by atoms with Crippen LogP contribution in [0.1, 0.15) is 60.6 Å². The smallest absolute Gasteiger partial charge is 0.407 e. The van der Waals surface area contributed by atoms with Crippen LogP contribution in [0.25, 0.3) is 0 Å². The van der Waals surface area contributed by atoms with Crippen molar-refractivity contribution >= 4 is 28.0 Å². The van der Waals surface area contributed by atoms with Crippen LogP contribution in [0.4, 0.5) is 4.79 Å². The summed E-state index contributed by atoms with van der Waals surface area (Å²) in [5, 5.41) is 2.75. The van der Waals surface area contributed by atoms with E-state index in [-0.39, 0.29) is 18.1 Å². The average Bonchev–Trinajstić information content (AvgIpc) is 2.47. The molecular formula is C19H30BrN3O5. The van der Waals surface area contributed by atoms with E-state index in [2.05, 4.69) is 26.2 Å². The molecule has 0 aliphatic heterocycles. The highest BCUT2D eigenvalue weighted by atomic mass is 79.9. The van der Waals surface area contributed by atoms with Gasteiger partial charge in [0.25, 0.3) is 5.56 Å². The van der Waals surface area contributed by atoms with Crippen molar-refractivity contribution in [1.82, 2.24) is 14.9 Å². The summed E-state index contributed by atoms with van der Waals surface area (Å²) in [6.07, 6.45) is 1.89. The number of rotatable bonds is 6. The van der Waals surface area contributed by atoms with Crippen molar-refractivity contribution in [3.63, 3.8) is 0 Å². The van der Waals surface area contributed by atoms with Crippen LogP contribution >= 0.6 is 15.9 Å². The molecule has 0 saturated carbocycles. The second-order valence-electron chi connectivity index (χ2n) is 8.61. The van der Waals surface area contributed by atoms with Crippen molar-refractivity contribution in [3.8, 4) is 0 Å². The number of hydrogen-bond donors (Lipinski definition) is 1. The maximum Gasteiger partial charge on any atom is 0.407 e. The molecule has 0 aliphatic rings. The van der Waals surface area contributed by atoms with E-state index in [1.807, 2.05) is 6.92 Å². The number of ether oxygens (including phenoxy) is 2. The zero-order chi connectivity index (χ0) is 21.7. The normalized spacial score (nSPS) is 13.0. The van der Waals surface area contributed by atoms with E-state index < -0.39 is 23.3 Å². The third-order valence-electron chi connectivity index (χ3n) is 3.35. The summed E-state index contributed by atoms with van der Waals surface area (Å²) in [7, 11) is 0. The van der Waals surface area contributed by atoms with E-state index in [0.29, 0.717) is 23.0 Å². The van der Waals surface area contributed by atoms with Crippen molar-refractivity contribution < 1.29 is 19.1 Å². The molecule has 0 unspecified atom stereocenters. The van der Waals surface area contributed by atoms with Gasteiger partial charge in [0.1, 0.15) is 22.2 Å². The molecule has 1 heterocycles. The Balaban J connectivity index is 2.69. The highest BCUT2D eigenvalue weighted by Crippen LogP contribution is 2.13. The maximum atomic E-state index is 12.4. The fourth-order valence-corrected chi connectivity index (χ4v) is 2.76. The van der Waals surface area contributed by atoms with E-state index >= 15 is 0 Å². The number of nitrogens with zero attached hydrogens (tertiary/aromatic N) is 2. The van der Waals surface area contributed by atoms with Gasteiger partial charge in [-0.25, -0.2) is 9.78 Å². The van der Waals surface area contributed by atoms with Gasteiger partial charge in [0.15, 0.2) is 0 Å². The Morgan fingerprint density at radius 3 is 2.29 bits per heavy atom. The molecule has 0 spiro atoms. The number of aryl methyl sites for hydroxylation is 1. The molecular weight excluding hydrogens is 430 g/mol. The van der Waals surface area contributed by atoms with Crippen LogP contribution in [0.3, 0.4) is 0 Å². The fraction of sp³-hybridized carbons (Fsp3) is 0.684. The van der Waals surface area contributed by atoms with Gasteiger partial charge >= 0.3 is 12.1 Å². The quantitative estimate of drug-likeness (QED) is 0.655. The Bertz CT molecular complexity index is 762. The first-order valence-corrected chi connectivity index (χ1v) is 9.92. The van der Waals surface area contributed by atoms with E-state index in [1.165, 1.54) is 10.9 Å². The Labute approximate surface area is 174 Å².